The van der Waals surface area contributed by atoms with Crippen molar-refractivity contribution in [3.8, 4) is 0 Å². The second-order valence-corrected chi connectivity index (χ2v) is 4.19. The molecule has 6 nitrogen and oxygen atoms in total. The van der Waals surface area contributed by atoms with Crippen LogP contribution in [0.3, 0.4) is 0 Å². The number of nitrogens with two attached hydrogens (primary N) is 1. The molecule has 1 aromatic rings. The molecule has 0 radical (unpaired) electrons. The van der Waals surface area contributed by atoms with Gasteiger partial charge in [0, 0.05) is 31.9 Å². The largest absolute Gasteiger partial charge is 0.351 e. The fourth-order valence-electron chi connectivity index (χ4n) is 2.06. The van der Waals surface area contributed by atoms with E-state index < -0.39 is 0 Å². The minimum absolute atomic E-state index is 0.458. The lowest BCUT2D eigenvalue weighted by Gasteiger charge is -2.38. The molecule has 0 aromatic carbocycles. The summed E-state index contributed by atoms with van der Waals surface area (Å²) in [6, 6.07) is 2.38. The molecule has 1 aromatic heterocycles. The summed E-state index contributed by atoms with van der Waals surface area (Å²) in [5, 5.41) is 0. The monoisotopic (exact) mass is 222 g/mol. The molecule has 0 spiro atoms. The standard InChI is InChI=1S/C10H18N6/c1-8-7-15(2)5-6-16(8)9-3-4-12-10(13-9)14-11/h3-4,8H,5-7,11H2,1-2H3,(H,12,13,14). The first-order chi connectivity index (χ1) is 7.70. The molecular formula is C10H18N6. The van der Waals surface area contributed by atoms with Crippen LogP contribution in [0.5, 0.6) is 0 Å². The van der Waals surface area contributed by atoms with Crippen molar-refractivity contribution in [3.63, 3.8) is 0 Å². The van der Waals surface area contributed by atoms with Crippen LogP contribution in [0, 0.1) is 0 Å². The Morgan fingerprint density at radius 3 is 3.00 bits per heavy atom. The zero-order valence-corrected chi connectivity index (χ0v) is 9.72. The predicted molar refractivity (Wildman–Crippen MR) is 64.1 cm³/mol. The summed E-state index contributed by atoms with van der Waals surface area (Å²) in [4.78, 5) is 13.0. The highest BCUT2D eigenvalue weighted by Gasteiger charge is 2.22. The van der Waals surface area contributed by atoms with Gasteiger partial charge in [-0.15, -0.1) is 0 Å². The van der Waals surface area contributed by atoms with E-state index in [1.807, 2.05) is 6.07 Å². The van der Waals surface area contributed by atoms with E-state index in [1.165, 1.54) is 0 Å². The molecule has 1 saturated heterocycles. The number of likely N-dealkylation sites (N-methyl/N-ethyl adjacent to an activating group) is 1. The zero-order valence-electron chi connectivity index (χ0n) is 9.72. The second kappa shape index (κ2) is 4.63. The van der Waals surface area contributed by atoms with Crippen LogP contribution in [-0.4, -0.2) is 47.6 Å². The van der Waals surface area contributed by atoms with Crippen LogP contribution in [0.1, 0.15) is 6.92 Å². The smallest absolute Gasteiger partial charge is 0.239 e. The molecule has 1 unspecified atom stereocenters. The molecule has 0 saturated carbocycles. The lowest BCUT2D eigenvalue weighted by molar-refractivity contribution is 0.274. The molecule has 2 heterocycles. The predicted octanol–water partition coefficient (Wildman–Crippen LogP) is -0.0975. The van der Waals surface area contributed by atoms with Gasteiger partial charge in [-0.25, -0.2) is 10.8 Å². The Balaban J connectivity index is 2.16. The third-order valence-electron chi connectivity index (χ3n) is 2.89. The fourth-order valence-corrected chi connectivity index (χ4v) is 2.06. The van der Waals surface area contributed by atoms with Crippen molar-refractivity contribution in [3.05, 3.63) is 12.3 Å². The van der Waals surface area contributed by atoms with Crippen LogP contribution in [0.2, 0.25) is 0 Å². The number of nitrogens with zero attached hydrogens (tertiary/aromatic N) is 4. The number of aromatic nitrogens is 2. The summed E-state index contributed by atoms with van der Waals surface area (Å²) in [6.45, 7) is 5.29. The van der Waals surface area contributed by atoms with Crippen LogP contribution in [-0.2, 0) is 0 Å². The highest BCUT2D eigenvalue weighted by Crippen LogP contribution is 2.17. The number of hydrazine groups is 1. The van der Waals surface area contributed by atoms with Gasteiger partial charge in [0.25, 0.3) is 0 Å². The summed E-state index contributed by atoms with van der Waals surface area (Å²) in [7, 11) is 2.14. The third kappa shape index (κ3) is 2.23. The molecule has 1 atom stereocenters. The normalized spacial score (nSPS) is 22.2. The van der Waals surface area contributed by atoms with Crippen molar-refractivity contribution in [2.45, 2.75) is 13.0 Å². The molecule has 0 amide bonds. The average Bonchev–Trinajstić information content (AvgIpc) is 2.29. The Hall–Kier alpha value is -1.40. The summed E-state index contributed by atoms with van der Waals surface area (Å²) in [5.41, 5.74) is 2.47. The van der Waals surface area contributed by atoms with E-state index in [1.54, 1.807) is 6.20 Å². The number of hydrogen-bond acceptors (Lipinski definition) is 6. The molecular weight excluding hydrogens is 204 g/mol. The average molecular weight is 222 g/mol. The first kappa shape index (κ1) is 11.1. The van der Waals surface area contributed by atoms with E-state index >= 15 is 0 Å². The summed E-state index contributed by atoms with van der Waals surface area (Å²) < 4.78 is 0. The van der Waals surface area contributed by atoms with E-state index in [4.69, 9.17) is 5.84 Å². The molecule has 16 heavy (non-hydrogen) atoms. The molecule has 0 bridgehead atoms. The number of anilines is 2. The van der Waals surface area contributed by atoms with Crippen molar-refractivity contribution < 1.29 is 0 Å². The highest BCUT2D eigenvalue weighted by molar-refractivity contribution is 5.43. The summed E-state index contributed by atoms with van der Waals surface area (Å²) in [5.74, 6) is 6.70. The van der Waals surface area contributed by atoms with Crippen molar-refractivity contribution in [2.75, 3.05) is 37.0 Å². The maximum absolute atomic E-state index is 5.30. The quantitative estimate of drug-likeness (QED) is 0.538. The molecule has 88 valence electrons. The highest BCUT2D eigenvalue weighted by atomic mass is 15.3. The van der Waals surface area contributed by atoms with E-state index in [0.29, 0.717) is 12.0 Å². The molecule has 1 aliphatic heterocycles. The van der Waals surface area contributed by atoms with Gasteiger partial charge in [0.1, 0.15) is 5.82 Å². The minimum atomic E-state index is 0.458. The maximum atomic E-state index is 5.30. The first-order valence-corrected chi connectivity index (χ1v) is 5.45. The Morgan fingerprint density at radius 1 is 1.50 bits per heavy atom. The van der Waals surface area contributed by atoms with Crippen LogP contribution < -0.4 is 16.2 Å². The first-order valence-electron chi connectivity index (χ1n) is 5.45. The van der Waals surface area contributed by atoms with E-state index in [2.05, 4.69) is 39.2 Å². The van der Waals surface area contributed by atoms with Gasteiger partial charge in [-0.05, 0) is 20.0 Å². The number of nitrogens with one attached hydrogen (secondary N) is 1. The Kier molecular flexibility index (Phi) is 3.21. The van der Waals surface area contributed by atoms with Crippen molar-refractivity contribution >= 4 is 11.8 Å². The van der Waals surface area contributed by atoms with Gasteiger partial charge in [-0.1, -0.05) is 0 Å². The zero-order chi connectivity index (χ0) is 11.5. The third-order valence-corrected chi connectivity index (χ3v) is 2.89. The van der Waals surface area contributed by atoms with Crippen molar-refractivity contribution in [1.82, 2.24) is 14.9 Å². The second-order valence-electron chi connectivity index (χ2n) is 4.19. The minimum Gasteiger partial charge on any atom is -0.351 e. The number of rotatable bonds is 2. The van der Waals surface area contributed by atoms with Gasteiger partial charge >= 0.3 is 0 Å². The van der Waals surface area contributed by atoms with Crippen LogP contribution >= 0.6 is 0 Å². The van der Waals surface area contributed by atoms with Crippen LogP contribution in [0.15, 0.2) is 12.3 Å². The van der Waals surface area contributed by atoms with Gasteiger partial charge in [0.05, 0.1) is 0 Å². The molecule has 1 aliphatic rings. The van der Waals surface area contributed by atoms with Gasteiger partial charge < -0.3 is 9.80 Å². The maximum Gasteiger partial charge on any atom is 0.239 e. The van der Waals surface area contributed by atoms with Crippen molar-refractivity contribution in [1.29, 1.82) is 0 Å². The van der Waals surface area contributed by atoms with E-state index in [0.717, 1.165) is 25.5 Å². The number of hydrogen-bond donors (Lipinski definition) is 2. The topological polar surface area (TPSA) is 70.3 Å². The molecule has 2 rings (SSSR count). The lowest BCUT2D eigenvalue weighted by Crippen LogP contribution is -2.50. The van der Waals surface area contributed by atoms with Gasteiger partial charge in [0.15, 0.2) is 0 Å². The molecule has 0 aliphatic carbocycles. The molecule has 1 fully saturated rings. The fraction of sp³-hybridized carbons (Fsp3) is 0.600. The van der Waals surface area contributed by atoms with E-state index in [9.17, 15) is 0 Å². The number of nitrogen functional groups attached to an aromatic ring is 1. The van der Waals surface area contributed by atoms with Gasteiger partial charge in [-0.3, -0.25) is 5.43 Å². The Morgan fingerprint density at radius 2 is 2.31 bits per heavy atom. The van der Waals surface area contributed by atoms with Crippen LogP contribution in [0.4, 0.5) is 11.8 Å². The molecule has 6 heteroatoms. The lowest BCUT2D eigenvalue weighted by atomic mass is 10.2. The molecule has 3 N–H and O–H groups in total. The Labute approximate surface area is 95.4 Å². The van der Waals surface area contributed by atoms with Crippen molar-refractivity contribution in [2.24, 2.45) is 5.84 Å². The van der Waals surface area contributed by atoms with E-state index in [-0.39, 0.29) is 0 Å². The summed E-state index contributed by atoms with van der Waals surface area (Å²) in [6.07, 6.45) is 1.72. The van der Waals surface area contributed by atoms with Crippen LogP contribution in [0.25, 0.3) is 0 Å². The van der Waals surface area contributed by atoms with Gasteiger partial charge in [-0.2, -0.15) is 4.98 Å². The SMILES string of the molecule is CC1CN(C)CCN1c1ccnc(NN)n1. The Bertz CT molecular complexity index is 355. The number of piperazine rings is 1. The summed E-state index contributed by atoms with van der Waals surface area (Å²) >= 11 is 0. The van der Waals surface area contributed by atoms with Gasteiger partial charge in [0.2, 0.25) is 5.95 Å².